The van der Waals surface area contributed by atoms with Crippen LogP contribution in [0.1, 0.15) is 36.8 Å². The average molecular weight is 340 g/mol. The number of anilines is 1. The number of nitrogens with zero attached hydrogens (tertiary/aromatic N) is 2. The lowest BCUT2D eigenvalue weighted by atomic mass is 9.70. The van der Waals surface area contributed by atoms with Crippen LogP contribution in [0.4, 0.5) is 10.2 Å². The van der Waals surface area contributed by atoms with Gasteiger partial charge in [-0.15, -0.1) is 0 Å². The maximum absolute atomic E-state index is 13.2. The van der Waals surface area contributed by atoms with Crippen LogP contribution in [-0.4, -0.2) is 11.1 Å². The van der Waals surface area contributed by atoms with Crippen molar-refractivity contribution in [3.05, 3.63) is 53.5 Å². The van der Waals surface area contributed by atoms with Crippen LogP contribution in [0.5, 0.6) is 5.75 Å². The summed E-state index contributed by atoms with van der Waals surface area (Å²) in [4.78, 5) is 4.14. The molecular weight excluding hydrogens is 319 g/mol. The molecule has 1 aromatic heterocycles. The molecule has 1 fully saturated rings. The summed E-state index contributed by atoms with van der Waals surface area (Å²) < 4.78 is 19.3. The highest BCUT2D eigenvalue weighted by molar-refractivity contribution is 5.49. The van der Waals surface area contributed by atoms with E-state index in [1.807, 2.05) is 13.0 Å². The van der Waals surface area contributed by atoms with E-state index in [1.54, 1.807) is 18.3 Å². The van der Waals surface area contributed by atoms with Crippen LogP contribution < -0.4 is 16.0 Å². The molecule has 0 saturated heterocycles. The minimum Gasteiger partial charge on any atom is -0.490 e. The van der Waals surface area contributed by atoms with Gasteiger partial charge in [0.2, 0.25) is 0 Å². The lowest BCUT2D eigenvalue weighted by Crippen LogP contribution is -2.34. The molecule has 3 N–H and O–H groups in total. The topological polar surface area (TPSA) is 84.0 Å². The van der Waals surface area contributed by atoms with E-state index >= 15 is 0 Å². The molecule has 1 aromatic carbocycles. The third-order valence-corrected chi connectivity index (χ3v) is 4.98. The van der Waals surface area contributed by atoms with Gasteiger partial charge < -0.3 is 10.2 Å². The van der Waals surface area contributed by atoms with E-state index in [0.29, 0.717) is 18.7 Å². The Bertz CT molecular complexity index is 777. The number of ether oxygens (including phenoxy) is 1. The highest BCUT2D eigenvalue weighted by atomic mass is 19.1. The lowest BCUT2D eigenvalue weighted by Gasteiger charge is -2.35. The van der Waals surface area contributed by atoms with Crippen molar-refractivity contribution in [3.63, 3.8) is 0 Å². The quantitative estimate of drug-likeness (QED) is 0.656. The predicted octanol–water partition coefficient (Wildman–Crippen LogP) is 3.60. The van der Waals surface area contributed by atoms with Gasteiger partial charge in [-0.2, -0.15) is 5.26 Å². The molecule has 2 aromatic rings. The Labute approximate surface area is 146 Å². The second-order valence-electron chi connectivity index (χ2n) is 6.45. The van der Waals surface area contributed by atoms with Crippen molar-refractivity contribution in [3.8, 4) is 11.8 Å². The van der Waals surface area contributed by atoms with E-state index in [9.17, 15) is 9.65 Å². The molecule has 1 saturated carbocycles. The monoisotopic (exact) mass is 340 g/mol. The van der Waals surface area contributed by atoms with Gasteiger partial charge in [-0.25, -0.2) is 15.2 Å². The average Bonchev–Trinajstić information content (AvgIpc) is 2.65. The number of halogens is 1. The zero-order valence-corrected chi connectivity index (χ0v) is 14.1. The standard InChI is InChI=1S/C19H21FN4O/c1-13-17(8-11-23-18(13)24-22)25-16-6-9-19(12-21,10-7-16)14-2-4-15(20)5-3-14/h2-5,8,11,16H,6-7,9-10,22H2,1H3,(H,23,24). The summed E-state index contributed by atoms with van der Waals surface area (Å²) in [5.74, 6) is 6.50. The van der Waals surface area contributed by atoms with Crippen LogP contribution in [-0.2, 0) is 5.41 Å². The highest BCUT2D eigenvalue weighted by Crippen LogP contribution is 2.40. The second-order valence-corrected chi connectivity index (χ2v) is 6.45. The molecule has 1 aliphatic rings. The fourth-order valence-corrected chi connectivity index (χ4v) is 3.41. The van der Waals surface area contributed by atoms with E-state index in [1.165, 1.54) is 12.1 Å². The molecule has 0 atom stereocenters. The van der Waals surface area contributed by atoms with Gasteiger partial charge in [-0.1, -0.05) is 12.1 Å². The number of hydrogen-bond acceptors (Lipinski definition) is 5. The summed E-state index contributed by atoms with van der Waals surface area (Å²) in [6, 6.07) is 10.5. The van der Waals surface area contributed by atoms with Crippen molar-refractivity contribution in [2.75, 3.05) is 5.43 Å². The molecule has 0 amide bonds. The first-order valence-electron chi connectivity index (χ1n) is 8.34. The fourth-order valence-electron chi connectivity index (χ4n) is 3.41. The molecule has 6 heteroatoms. The molecule has 0 unspecified atom stereocenters. The van der Waals surface area contributed by atoms with Crippen LogP contribution in [0.3, 0.4) is 0 Å². The third kappa shape index (κ3) is 3.42. The number of hydrazine groups is 1. The number of rotatable bonds is 4. The minimum absolute atomic E-state index is 0.0358. The van der Waals surface area contributed by atoms with Crippen molar-refractivity contribution in [1.82, 2.24) is 4.98 Å². The zero-order chi connectivity index (χ0) is 17.9. The predicted molar refractivity (Wildman–Crippen MR) is 93.4 cm³/mol. The second kappa shape index (κ2) is 7.08. The summed E-state index contributed by atoms with van der Waals surface area (Å²) in [5.41, 5.74) is 3.73. The first kappa shape index (κ1) is 17.2. The molecule has 0 bridgehead atoms. The van der Waals surface area contributed by atoms with Gasteiger partial charge in [0.1, 0.15) is 17.4 Å². The Kier molecular flexibility index (Phi) is 4.86. The molecule has 0 aliphatic heterocycles. The molecule has 1 heterocycles. The molecule has 130 valence electrons. The summed E-state index contributed by atoms with van der Waals surface area (Å²) in [6.07, 6.45) is 4.58. The highest BCUT2D eigenvalue weighted by Gasteiger charge is 2.38. The van der Waals surface area contributed by atoms with Gasteiger partial charge in [0.05, 0.1) is 17.6 Å². The summed E-state index contributed by atoms with van der Waals surface area (Å²) in [6.45, 7) is 1.90. The molecule has 0 radical (unpaired) electrons. The van der Waals surface area contributed by atoms with Gasteiger partial charge in [0.15, 0.2) is 0 Å². The van der Waals surface area contributed by atoms with Crippen LogP contribution in [0, 0.1) is 24.1 Å². The fraction of sp³-hybridized carbons (Fsp3) is 0.368. The largest absolute Gasteiger partial charge is 0.490 e. The SMILES string of the molecule is Cc1c(OC2CCC(C#N)(c3ccc(F)cc3)CC2)ccnc1NN. The number of nitriles is 1. The van der Waals surface area contributed by atoms with Gasteiger partial charge in [0.25, 0.3) is 0 Å². The molecule has 25 heavy (non-hydrogen) atoms. The van der Waals surface area contributed by atoms with Gasteiger partial charge in [-0.3, -0.25) is 0 Å². The first-order valence-corrected chi connectivity index (χ1v) is 8.34. The summed E-state index contributed by atoms with van der Waals surface area (Å²) in [5, 5.41) is 9.74. The van der Waals surface area contributed by atoms with Crippen molar-refractivity contribution in [1.29, 1.82) is 5.26 Å². The number of benzene rings is 1. The first-order chi connectivity index (χ1) is 12.1. The molecular formula is C19H21FN4O. The maximum Gasteiger partial charge on any atom is 0.146 e. The smallest absolute Gasteiger partial charge is 0.146 e. The number of pyridine rings is 1. The summed E-state index contributed by atoms with van der Waals surface area (Å²) in [7, 11) is 0. The van der Waals surface area contributed by atoms with Crippen molar-refractivity contribution >= 4 is 5.82 Å². The van der Waals surface area contributed by atoms with Crippen LogP contribution in [0.2, 0.25) is 0 Å². The molecule has 0 spiro atoms. The Morgan fingerprint density at radius 3 is 2.56 bits per heavy atom. The lowest BCUT2D eigenvalue weighted by molar-refractivity contribution is 0.131. The van der Waals surface area contributed by atoms with E-state index in [2.05, 4.69) is 16.5 Å². The van der Waals surface area contributed by atoms with Gasteiger partial charge in [-0.05, 0) is 56.4 Å². The van der Waals surface area contributed by atoms with Gasteiger partial charge >= 0.3 is 0 Å². The van der Waals surface area contributed by atoms with E-state index in [0.717, 1.165) is 29.7 Å². The zero-order valence-electron chi connectivity index (χ0n) is 14.1. The normalized spacial score (nSPS) is 22.9. The minimum atomic E-state index is -0.565. The Hall–Kier alpha value is -2.65. The van der Waals surface area contributed by atoms with Crippen LogP contribution in [0.25, 0.3) is 0 Å². The van der Waals surface area contributed by atoms with E-state index in [-0.39, 0.29) is 11.9 Å². The molecule has 3 rings (SSSR count). The van der Waals surface area contributed by atoms with E-state index < -0.39 is 5.41 Å². The van der Waals surface area contributed by atoms with Crippen molar-refractivity contribution < 1.29 is 9.13 Å². The number of nitrogens with one attached hydrogen (secondary N) is 1. The Balaban J connectivity index is 1.71. The number of nitrogens with two attached hydrogens (primary N) is 1. The Morgan fingerprint density at radius 1 is 1.28 bits per heavy atom. The summed E-state index contributed by atoms with van der Waals surface area (Å²) >= 11 is 0. The van der Waals surface area contributed by atoms with Gasteiger partial charge in [0, 0.05) is 11.8 Å². The number of nitrogen functional groups attached to an aromatic ring is 1. The molecule has 5 nitrogen and oxygen atoms in total. The van der Waals surface area contributed by atoms with Crippen LogP contribution >= 0.6 is 0 Å². The number of aromatic nitrogens is 1. The Morgan fingerprint density at radius 2 is 1.96 bits per heavy atom. The number of hydrogen-bond donors (Lipinski definition) is 2. The van der Waals surface area contributed by atoms with Crippen LogP contribution in [0.15, 0.2) is 36.5 Å². The van der Waals surface area contributed by atoms with Crippen molar-refractivity contribution in [2.45, 2.75) is 44.1 Å². The third-order valence-electron chi connectivity index (χ3n) is 4.98. The van der Waals surface area contributed by atoms with E-state index in [4.69, 9.17) is 10.6 Å². The van der Waals surface area contributed by atoms with Crippen molar-refractivity contribution in [2.24, 2.45) is 5.84 Å². The molecule has 1 aliphatic carbocycles. The maximum atomic E-state index is 13.2.